The monoisotopic (exact) mass is 394 g/mol. The molecule has 2 fully saturated rings. The molecular weight excluding hydrogens is 364 g/mol. The van der Waals surface area contributed by atoms with Crippen molar-refractivity contribution in [3.63, 3.8) is 0 Å². The molecule has 3 rings (SSSR count). The molecule has 2 aliphatic heterocycles. The van der Waals surface area contributed by atoms with Gasteiger partial charge in [0, 0.05) is 38.3 Å². The number of hydrogen-bond donors (Lipinski definition) is 1. The third kappa shape index (κ3) is 5.31. The highest BCUT2D eigenvalue weighted by Gasteiger charge is 2.46. The lowest BCUT2D eigenvalue weighted by Crippen LogP contribution is -2.58. The van der Waals surface area contributed by atoms with E-state index in [4.69, 9.17) is 9.84 Å². The highest BCUT2D eigenvalue weighted by Crippen LogP contribution is 2.28. The summed E-state index contributed by atoms with van der Waals surface area (Å²) in [6.45, 7) is 7.67. The molecule has 1 aromatic carbocycles. The third-order valence-electron chi connectivity index (χ3n) is 5.28. The number of ether oxygens (including phenoxy) is 1. The molecule has 6 nitrogen and oxygen atoms in total. The minimum Gasteiger partial charge on any atom is -0.491 e. The standard InChI is InChI=1S/C20H30N2O4S/c1-16(2)6-7-21-8-9-22(20-15-27(24,25)14-19(20)21)13-17-4-3-5-18(12-17)26-11-10-23/h3-6,12,19-20,23H,7-11,13-15H2,1-2H3/t19-,20+/m0/s1. The largest absolute Gasteiger partial charge is 0.491 e. The SMILES string of the molecule is CC(C)=CCN1CCN(Cc2cccc(OCCO)c2)[C@@H]2CS(=O)(=O)C[C@@H]21. The lowest BCUT2D eigenvalue weighted by Gasteiger charge is -2.43. The average Bonchev–Trinajstić information content (AvgIpc) is 2.95. The summed E-state index contributed by atoms with van der Waals surface area (Å²) in [5.74, 6) is 1.23. The number of nitrogens with zero attached hydrogens (tertiary/aromatic N) is 2. The molecule has 2 saturated heterocycles. The quantitative estimate of drug-likeness (QED) is 0.703. The van der Waals surface area contributed by atoms with Crippen LogP contribution in [0.4, 0.5) is 0 Å². The summed E-state index contributed by atoms with van der Waals surface area (Å²) in [7, 11) is -3.00. The van der Waals surface area contributed by atoms with Crippen molar-refractivity contribution >= 4 is 9.84 Å². The van der Waals surface area contributed by atoms with Crippen LogP contribution < -0.4 is 4.74 Å². The van der Waals surface area contributed by atoms with E-state index in [1.807, 2.05) is 24.3 Å². The summed E-state index contributed by atoms with van der Waals surface area (Å²) >= 11 is 0. The zero-order valence-corrected chi connectivity index (χ0v) is 17.0. The van der Waals surface area contributed by atoms with Crippen LogP contribution in [0.15, 0.2) is 35.9 Å². The van der Waals surface area contributed by atoms with Crippen LogP contribution in [0.1, 0.15) is 19.4 Å². The van der Waals surface area contributed by atoms with Gasteiger partial charge in [0.25, 0.3) is 0 Å². The maximum Gasteiger partial charge on any atom is 0.153 e. The minimum absolute atomic E-state index is 0.0144. The number of aliphatic hydroxyl groups excluding tert-OH is 1. The Morgan fingerprint density at radius 3 is 2.63 bits per heavy atom. The first-order valence-corrected chi connectivity index (χ1v) is 11.3. The molecule has 1 N–H and O–H groups in total. The third-order valence-corrected chi connectivity index (χ3v) is 6.98. The van der Waals surface area contributed by atoms with Gasteiger partial charge in [-0.2, -0.15) is 0 Å². The molecule has 0 spiro atoms. The van der Waals surface area contributed by atoms with E-state index in [0.29, 0.717) is 6.54 Å². The molecule has 2 atom stereocenters. The Kier molecular flexibility index (Phi) is 6.57. The Labute approximate surface area is 162 Å². The number of fused-ring (bicyclic) bond motifs is 1. The highest BCUT2D eigenvalue weighted by atomic mass is 32.2. The van der Waals surface area contributed by atoms with Gasteiger partial charge >= 0.3 is 0 Å². The number of benzene rings is 1. The summed E-state index contributed by atoms with van der Waals surface area (Å²) in [4.78, 5) is 4.62. The Hall–Kier alpha value is -1.41. The van der Waals surface area contributed by atoms with E-state index >= 15 is 0 Å². The summed E-state index contributed by atoms with van der Waals surface area (Å²) in [5.41, 5.74) is 2.36. The predicted octanol–water partition coefficient (Wildman–Crippen LogP) is 1.31. The van der Waals surface area contributed by atoms with Crippen molar-refractivity contribution < 1.29 is 18.3 Å². The predicted molar refractivity (Wildman–Crippen MR) is 107 cm³/mol. The van der Waals surface area contributed by atoms with Crippen LogP contribution in [0.25, 0.3) is 0 Å². The van der Waals surface area contributed by atoms with E-state index in [0.717, 1.165) is 30.9 Å². The van der Waals surface area contributed by atoms with Gasteiger partial charge in [0.2, 0.25) is 0 Å². The Morgan fingerprint density at radius 2 is 1.93 bits per heavy atom. The molecule has 7 heteroatoms. The summed E-state index contributed by atoms with van der Waals surface area (Å²) in [6, 6.07) is 7.93. The second-order valence-electron chi connectivity index (χ2n) is 7.68. The van der Waals surface area contributed by atoms with Gasteiger partial charge < -0.3 is 9.84 Å². The van der Waals surface area contributed by atoms with Crippen LogP contribution in [0.3, 0.4) is 0 Å². The summed E-state index contributed by atoms with van der Waals surface area (Å²) < 4.78 is 30.2. The second kappa shape index (κ2) is 8.73. The van der Waals surface area contributed by atoms with Gasteiger partial charge in [-0.05, 0) is 31.5 Å². The van der Waals surface area contributed by atoms with Crippen LogP contribution in [0.5, 0.6) is 5.75 Å². The molecule has 0 bridgehead atoms. The van der Waals surface area contributed by atoms with Crippen molar-refractivity contribution in [3.8, 4) is 5.75 Å². The minimum atomic E-state index is -3.00. The molecular formula is C20H30N2O4S. The van der Waals surface area contributed by atoms with Gasteiger partial charge in [-0.25, -0.2) is 8.42 Å². The molecule has 150 valence electrons. The lowest BCUT2D eigenvalue weighted by molar-refractivity contribution is 0.0477. The van der Waals surface area contributed by atoms with E-state index in [9.17, 15) is 8.42 Å². The van der Waals surface area contributed by atoms with Crippen molar-refractivity contribution in [1.29, 1.82) is 0 Å². The number of allylic oxidation sites excluding steroid dienone is 1. The van der Waals surface area contributed by atoms with Gasteiger partial charge in [0.15, 0.2) is 9.84 Å². The number of piperazine rings is 1. The van der Waals surface area contributed by atoms with E-state index in [1.54, 1.807) is 0 Å². The van der Waals surface area contributed by atoms with Crippen molar-refractivity contribution in [2.45, 2.75) is 32.5 Å². The van der Waals surface area contributed by atoms with Gasteiger partial charge in [0.05, 0.1) is 18.1 Å². The first kappa shape index (κ1) is 20.3. The zero-order chi connectivity index (χ0) is 19.4. The lowest BCUT2D eigenvalue weighted by atomic mass is 10.0. The van der Waals surface area contributed by atoms with Gasteiger partial charge in [-0.3, -0.25) is 9.80 Å². The molecule has 2 aliphatic rings. The molecule has 2 heterocycles. The molecule has 0 saturated carbocycles. The molecule has 27 heavy (non-hydrogen) atoms. The van der Waals surface area contributed by atoms with Crippen LogP contribution in [-0.2, 0) is 16.4 Å². The van der Waals surface area contributed by atoms with Crippen molar-refractivity contribution in [2.75, 3.05) is 44.4 Å². The van der Waals surface area contributed by atoms with Crippen LogP contribution in [0.2, 0.25) is 0 Å². The topological polar surface area (TPSA) is 70.1 Å². The fourth-order valence-corrected chi connectivity index (χ4v) is 5.99. The van der Waals surface area contributed by atoms with Crippen LogP contribution in [-0.4, -0.2) is 79.8 Å². The first-order chi connectivity index (χ1) is 12.9. The number of aliphatic hydroxyl groups is 1. The van der Waals surface area contributed by atoms with Gasteiger partial charge in [0.1, 0.15) is 12.4 Å². The van der Waals surface area contributed by atoms with E-state index < -0.39 is 9.84 Å². The van der Waals surface area contributed by atoms with Crippen LogP contribution in [0, 0.1) is 0 Å². The van der Waals surface area contributed by atoms with E-state index in [2.05, 4.69) is 29.7 Å². The number of rotatable bonds is 7. The molecule has 0 amide bonds. The van der Waals surface area contributed by atoms with E-state index in [-0.39, 0.29) is 36.8 Å². The summed E-state index contributed by atoms with van der Waals surface area (Å²) in [5, 5.41) is 8.91. The molecule has 0 radical (unpaired) electrons. The van der Waals surface area contributed by atoms with E-state index in [1.165, 1.54) is 5.57 Å². The van der Waals surface area contributed by atoms with Crippen molar-refractivity contribution in [2.24, 2.45) is 0 Å². The molecule has 0 unspecified atom stereocenters. The van der Waals surface area contributed by atoms with Gasteiger partial charge in [-0.1, -0.05) is 23.8 Å². The Balaban J connectivity index is 1.73. The molecule has 0 aliphatic carbocycles. The average molecular weight is 395 g/mol. The highest BCUT2D eigenvalue weighted by molar-refractivity contribution is 7.91. The molecule has 0 aromatic heterocycles. The van der Waals surface area contributed by atoms with Crippen molar-refractivity contribution in [3.05, 3.63) is 41.5 Å². The fraction of sp³-hybridized carbons (Fsp3) is 0.600. The number of hydrogen-bond acceptors (Lipinski definition) is 6. The maximum atomic E-state index is 12.3. The zero-order valence-electron chi connectivity index (χ0n) is 16.2. The van der Waals surface area contributed by atoms with Crippen molar-refractivity contribution in [1.82, 2.24) is 9.80 Å². The maximum absolute atomic E-state index is 12.3. The Bertz CT molecular complexity index is 774. The van der Waals surface area contributed by atoms with Crippen LogP contribution >= 0.6 is 0 Å². The molecule has 1 aromatic rings. The first-order valence-electron chi connectivity index (χ1n) is 9.52. The fourth-order valence-electron chi connectivity index (χ4n) is 3.95. The number of sulfone groups is 1. The van der Waals surface area contributed by atoms with Gasteiger partial charge in [-0.15, -0.1) is 0 Å². The second-order valence-corrected chi connectivity index (χ2v) is 9.83. The smallest absolute Gasteiger partial charge is 0.153 e. The normalized spacial score (nSPS) is 25.1. The Morgan fingerprint density at radius 1 is 1.22 bits per heavy atom. The summed E-state index contributed by atoms with van der Waals surface area (Å²) in [6.07, 6.45) is 2.18.